The molecule has 146 valence electrons. The normalized spacial score (nSPS) is 12.0. The van der Waals surface area contributed by atoms with Crippen molar-refractivity contribution in [2.24, 2.45) is 0 Å². The molecule has 12 heteroatoms. The highest BCUT2D eigenvalue weighted by Crippen LogP contribution is 2.32. The van der Waals surface area contributed by atoms with E-state index in [2.05, 4.69) is 10.3 Å². The number of rotatable bonds is 7. The molecule has 1 heterocycles. The summed E-state index contributed by atoms with van der Waals surface area (Å²) in [4.78, 5) is 21.1. The van der Waals surface area contributed by atoms with Crippen molar-refractivity contribution in [2.75, 3.05) is 18.5 Å². The van der Waals surface area contributed by atoms with Crippen LogP contribution in [0.25, 0.3) is 0 Å². The predicted molar refractivity (Wildman–Crippen MR) is 111 cm³/mol. The van der Waals surface area contributed by atoms with E-state index >= 15 is 0 Å². The summed E-state index contributed by atoms with van der Waals surface area (Å²) in [6, 6.07) is 2.68. The molecule has 0 aliphatic carbocycles. The number of nitrogens with zero attached hydrogens (tertiary/aromatic N) is 1. The second-order valence-electron chi connectivity index (χ2n) is 5.10. The lowest BCUT2D eigenvalue weighted by molar-refractivity contribution is -0.0295. The summed E-state index contributed by atoms with van der Waals surface area (Å²) in [7, 11) is 0. The number of hydrogen-bond acceptors (Lipinski definition) is 6. The molecule has 1 unspecified atom stereocenters. The summed E-state index contributed by atoms with van der Waals surface area (Å²) in [5.74, 6) is -3.42. The molecule has 1 aromatic heterocycles. The van der Waals surface area contributed by atoms with Crippen LogP contribution in [0.15, 0.2) is 18.3 Å². The third kappa shape index (κ3) is 5.80. The van der Waals surface area contributed by atoms with Crippen molar-refractivity contribution < 1.29 is 28.6 Å². The maximum atomic E-state index is 14.4. The van der Waals surface area contributed by atoms with E-state index in [1.165, 1.54) is 6.20 Å². The zero-order chi connectivity index (χ0) is 20.1. The minimum absolute atomic E-state index is 0.210. The van der Waals surface area contributed by atoms with Gasteiger partial charge in [0.2, 0.25) is 0 Å². The smallest absolute Gasteiger partial charge is 0.277 e. The lowest BCUT2D eigenvalue weighted by Gasteiger charge is -2.15. The van der Waals surface area contributed by atoms with E-state index < -0.39 is 47.6 Å². The Labute approximate surface area is 184 Å². The quantitative estimate of drug-likeness (QED) is 0.215. The summed E-state index contributed by atoms with van der Waals surface area (Å²) in [5.41, 5.74) is 1.15. The van der Waals surface area contributed by atoms with Gasteiger partial charge in [-0.2, -0.15) is 0 Å². The number of benzene rings is 1. The molecular formula is C15H12ClF2I2N3O4. The van der Waals surface area contributed by atoms with Gasteiger partial charge in [-0.05, 0) is 57.3 Å². The number of carbonyl (C=O) groups is 1. The second-order valence-corrected chi connectivity index (χ2v) is 7.91. The topological polar surface area (TPSA) is 104 Å². The minimum atomic E-state index is -1.36. The van der Waals surface area contributed by atoms with Crippen LogP contribution in [0.5, 0.6) is 0 Å². The largest absolute Gasteiger partial charge is 0.394 e. The van der Waals surface area contributed by atoms with Gasteiger partial charge < -0.3 is 15.5 Å². The van der Waals surface area contributed by atoms with Crippen LogP contribution in [-0.2, 0) is 4.84 Å². The van der Waals surface area contributed by atoms with Gasteiger partial charge >= 0.3 is 0 Å². The van der Waals surface area contributed by atoms with Crippen molar-refractivity contribution in [2.45, 2.75) is 6.10 Å². The van der Waals surface area contributed by atoms with Gasteiger partial charge in [-0.3, -0.25) is 9.63 Å². The third-order valence-electron chi connectivity index (χ3n) is 3.11. The fraction of sp³-hybridized carbons (Fsp3) is 0.200. The lowest BCUT2D eigenvalue weighted by Crippen LogP contribution is -2.30. The summed E-state index contributed by atoms with van der Waals surface area (Å²) in [6.07, 6.45) is 0.294. The van der Waals surface area contributed by atoms with Crippen LogP contribution < -0.4 is 10.8 Å². The zero-order valence-electron chi connectivity index (χ0n) is 13.3. The summed E-state index contributed by atoms with van der Waals surface area (Å²) in [5, 5.41) is 19.9. The summed E-state index contributed by atoms with van der Waals surface area (Å²) >= 11 is 9.64. The number of pyridine rings is 1. The first-order valence-corrected chi connectivity index (χ1v) is 9.74. The molecule has 0 aliphatic heterocycles. The van der Waals surface area contributed by atoms with Gasteiger partial charge in [0, 0.05) is 9.77 Å². The molecule has 0 radical (unpaired) electrons. The van der Waals surface area contributed by atoms with E-state index in [1.54, 1.807) is 6.07 Å². The molecule has 0 saturated heterocycles. The number of hydroxylamine groups is 1. The number of halogens is 5. The van der Waals surface area contributed by atoms with E-state index in [0.29, 0.717) is 3.57 Å². The van der Waals surface area contributed by atoms with Gasteiger partial charge in [-0.25, -0.2) is 19.2 Å². The molecule has 0 fully saturated rings. The average molecular weight is 626 g/mol. The van der Waals surface area contributed by atoms with Crippen LogP contribution in [0.2, 0.25) is 5.02 Å². The van der Waals surface area contributed by atoms with E-state index in [-0.39, 0.29) is 11.4 Å². The Kier molecular flexibility index (Phi) is 8.36. The maximum absolute atomic E-state index is 14.4. The van der Waals surface area contributed by atoms with Gasteiger partial charge in [0.05, 0.1) is 26.5 Å². The summed E-state index contributed by atoms with van der Waals surface area (Å²) < 4.78 is 29.8. The van der Waals surface area contributed by atoms with Crippen molar-refractivity contribution >= 4 is 74.2 Å². The first kappa shape index (κ1) is 22.4. The molecule has 27 heavy (non-hydrogen) atoms. The number of anilines is 2. The third-order valence-corrected chi connectivity index (χ3v) is 4.80. The minimum Gasteiger partial charge on any atom is -0.394 e. The summed E-state index contributed by atoms with van der Waals surface area (Å²) in [6.45, 7) is -0.977. The monoisotopic (exact) mass is 625 g/mol. The van der Waals surface area contributed by atoms with Gasteiger partial charge in [0.15, 0.2) is 11.6 Å². The van der Waals surface area contributed by atoms with Crippen LogP contribution in [-0.4, -0.2) is 40.4 Å². The van der Waals surface area contributed by atoms with Crippen molar-refractivity contribution in [3.05, 3.63) is 47.7 Å². The van der Waals surface area contributed by atoms with Crippen LogP contribution in [0.1, 0.15) is 10.4 Å². The van der Waals surface area contributed by atoms with Crippen LogP contribution >= 0.6 is 56.8 Å². The first-order chi connectivity index (χ1) is 12.7. The highest BCUT2D eigenvalue weighted by molar-refractivity contribution is 14.1. The van der Waals surface area contributed by atoms with Gasteiger partial charge in [-0.15, -0.1) is 0 Å². The molecule has 0 saturated carbocycles. The molecule has 7 nitrogen and oxygen atoms in total. The molecule has 0 spiro atoms. The fourth-order valence-electron chi connectivity index (χ4n) is 1.83. The van der Waals surface area contributed by atoms with E-state index in [1.807, 2.05) is 50.7 Å². The fourth-order valence-corrected chi connectivity index (χ4v) is 3.68. The van der Waals surface area contributed by atoms with Crippen molar-refractivity contribution in [3.63, 3.8) is 0 Å². The van der Waals surface area contributed by atoms with Gasteiger partial charge in [0.25, 0.3) is 5.91 Å². The number of aromatic nitrogens is 1. The Morgan fingerprint density at radius 3 is 2.67 bits per heavy atom. The molecule has 1 amide bonds. The van der Waals surface area contributed by atoms with Crippen molar-refractivity contribution in [1.82, 2.24) is 10.5 Å². The molecule has 2 aromatic rings. The van der Waals surface area contributed by atoms with Crippen LogP contribution in [0, 0.1) is 18.8 Å². The molecule has 1 aromatic carbocycles. The van der Waals surface area contributed by atoms with Crippen molar-refractivity contribution in [3.8, 4) is 0 Å². The highest BCUT2D eigenvalue weighted by atomic mass is 127. The Morgan fingerprint density at radius 1 is 1.33 bits per heavy atom. The number of hydrogen-bond donors (Lipinski definition) is 4. The standard InChI is InChI=1S/C15H12ClF2I2N3O4/c16-9-2-8(15(26)23-27-5-7(25)4-24)13(12(18)11(9)17)22-14-10(20)1-6(19)3-21-14/h1-3,7,24-25H,4-5H2,(H,21,22)(H,23,26). The van der Waals surface area contributed by atoms with Gasteiger partial charge in [0.1, 0.15) is 18.5 Å². The highest BCUT2D eigenvalue weighted by Gasteiger charge is 2.23. The number of carbonyl (C=O) groups excluding carboxylic acids is 1. The van der Waals surface area contributed by atoms with E-state index in [9.17, 15) is 18.7 Å². The van der Waals surface area contributed by atoms with Crippen molar-refractivity contribution in [1.29, 1.82) is 0 Å². The van der Waals surface area contributed by atoms with Crippen LogP contribution in [0.4, 0.5) is 20.3 Å². The molecule has 0 bridgehead atoms. The van der Waals surface area contributed by atoms with E-state index in [4.69, 9.17) is 21.5 Å². The number of amides is 1. The lowest BCUT2D eigenvalue weighted by atomic mass is 10.1. The first-order valence-electron chi connectivity index (χ1n) is 7.21. The number of nitrogens with one attached hydrogen (secondary N) is 2. The molecule has 0 aliphatic rings. The molecule has 2 rings (SSSR count). The zero-order valence-corrected chi connectivity index (χ0v) is 18.3. The van der Waals surface area contributed by atoms with Gasteiger partial charge in [-0.1, -0.05) is 11.6 Å². The Morgan fingerprint density at radius 2 is 2.04 bits per heavy atom. The SMILES string of the molecule is O=C(NOCC(O)CO)c1cc(Cl)c(F)c(F)c1Nc1ncc(I)cc1I. The predicted octanol–water partition coefficient (Wildman–Crippen LogP) is 2.98. The second kappa shape index (κ2) is 10.1. The Balaban J connectivity index is 2.34. The number of aliphatic hydroxyl groups excluding tert-OH is 2. The molecule has 4 N–H and O–H groups in total. The number of aliphatic hydroxyl groups is 2. The van der Waals surface area contributed by atoms with Crippen LogP contribution in [0.3, 0.4) is 0 Å². The Hall–Kier alpha value is -0.870. The van der Waals surface area contributed by atoms with E-state index in [0.717, 1.165) is 9.64 Å². The molecule has 1 atom stereocenters. The Bertz CT molecular complexity index is 860. The average Bonchev–Trinajstić information content (AvgIpc) is 2.63. The maximum Gasteiger partial charge on any atom is 0.277 e. The molecular weight excluding hydrogens is 613 g/mol.